The molecule has 0 aliphatic heterocycles. The Bertz CT molecular complexity index is 1080. The first-order chi connectivity index (χ1) is 13.0. The molecule has 0 unspecified atom stereocenters. The molecular weight excluding hydrogens is 528 g/mol. The molecule has 28 heavy (non-hydrogen) atoms. The van der Waals surface area contributed by atoms with E-state index in [1.807, 2.05) is 19.1 Å². The average Bonchev–Trinajstić information content (AvgIpc) is 3.25. The van der Waals surface area contributed by atoms with E-state index in [-0.39, 0.29) is 20.1 Å². The fourth-order valence-electron chi connectivity index (χ4n) is 3.53. The van der Waals surface area contributed by atoms with Gasteiger partial charge in [0.15, 0.2) is 5.89 Å². The second kappa shape index (κ2) is 7.98. The van der Waals surface area contributed by atoms with Crippen LogP contribution in [0.3, 0.4) is 0 Å². The van der Waals surface area contributed by atoms with Crippen LogP contribution < -0.4 is 0 Å². The minimum atomic E-state index is 0. The molecule has 2 aromatic heterocycles. The van der Waals surface area contributed by atoms with Crippen LogP contribution >= 0.6 is 0 Å². The van der Waals surface area contributed by atoms with Crippen molar-refractivity contribution in [2.45, 2.75) is 46.5 Å². The van der Waals surface area contributed by atoms with Crippen LogP contribution in [0.1, 0.15) is 56.5 Å². The SMILES string of the molecule is Cc1nc2cc[c-]c(-c3nncn3-c3c(C(C)C)cccc3C(C)C)c2o1.[Ir]. The van der Waals surface area contributed by atoms with Gasteiger partial charge in [0, 0.05) is 38.2 Å². The van der Waals surface area contributed by atoms with E-state index >= 15 is 0 Å². The molecule has 4 aromatic rings. The quantitative estimate of drug-likeness (QED) is 0.318. The van der Waals surface area contributed by atoms with Crippen molar-refractivity contribution in [2.24, 2.45) is 0 Å². The van der Waals surface area contributed by atoms with Gasteiger partial charge in [-0.05, 0) is 23.0 Å². The standard InChI is InChI=1S/C22H23N4O.Ir/c1-13(2)16-8-6-9-17(14(3)4)20(16)26-12-23-25-22(26)18-10-7-11-19-21(18)27-15(5)24-19;/h6-9,11-14H,1-5H3;/q-1;. The predicted octanol–water partition coefficient (Wildman–Crippen LogP) is 5.43. The van der Waals surface area contributed by atoms with Crippen molar-refractivity contribution in [2.75, 3.05) is 0 Å². The fraction of sp³-hybridized carbons (Fsp3) is 0.318. The van der Waals surface area contributed by atoms with Crippen molar-refractivity contribution in [3.05, 3.63) is 59.7 Å². The van der Waals surface area contributed by atoms with Gasteiger partial charge in [-0.2, -0.15) is 5.10 Å². The van der Waals surface area contributed by atoms with Crippen LogP contribution in [0.4, 0.5) is 0 Å². The number of rotatable bonds is 4. The van der Waals surface area contributed by atoms with Gasteiger partial charge in [-0.3, -0.25) is 0 Å². The topological polar surface area (TPSA) is 56.7 Å². The van der Waals surface area contributed by atoms with E-state index < -0.39 is 0 Å². The summed E-state index contributed by atoms with van der Waals surface area (Å²) < 4.78 is 7.91. The van der Waals surface area contributed by atoms with Crippen LogP contribution in [0.15, 0.2) is 41.1 Å². The summed E-state index contributed by atoms with van der Waals surface area (Å²) in [6.07, 6.45) is 1.78. The smallest absolute Gasteiger partial charge is 0.180 e. The Hall–Kier alpha value is -2.30. The molecule has 0 fully saturated rings. The van der Waals surface area contributed by atoms with Crippen molar-refractivity contribution in [3.8, 4) is 17.1 Å². The zero-order valence-electron chi connectivity index (χ0n) is 16.6. The van der Waals surface area contributed by atoms with Gasteiger partial charge >= 0.3 is 0 Å². The minimum absolute atomic E-state index is 0. The molecule has 147 valence electrons. The van der Waals surface area contributed by atoms with Gasteiger partial charge < -0.3 is 8.98 Å². The Balaban J connectivity index is 0.00000225. The van der Waals surface area contributed by atoms with E-state index in [4.69, 9.17) is 4.42 Å². The molecule has 0 atom stereocenters. The van der Waals surface area contributed by atoms with Crippen molar-refractivity contribution >= 4 is 11.1 Å². The largest absolute Gasteiger partial charge is 0.488 e. The van der Waals surface area contributed by atoms with Crippen molar-refractivity contribution < 1.29 is 24.5 Å². The third-order valence-electron chi connectivity index (χ3n) is 4.81. The molecule has 0 aliphatic carbocycles. The number of nitrogens with zero attached hydrogens (tertiary/aromatic N) is 4. The molecule has 1 radical (unpaired) electrons. The van der Waals surface area contributed by atoms with E-state index in [1.165, 1.54) is 11.1 Å². The Kier molecular flexibility index (Phi) is 5.82. The molecule has 0 aliphatic rings. The van der Waals surface area contributed by atoms with Gasteiger partial charge in [0.05, 0.1) is 11.4 Å². The molecular formula is C22H23IrN4O-. The van der Waals surface area contributed by atoms with Gasteiger partial charge in [-0.25, -0.2) is 4.98 Å². The van der Waals surface area contributed by atoms with Crippen LogP contribution in [-0.2, 0) is 20.1 Å². The van der Waals surface area contributed by atoms with Crippen LogP contribution in [0, 0.1) is 13.0 Å². The van der Waals surface area contributed by atoms with Gasteiger partial charge in [0.25, 0.3) is 0 Å². The fourth-order valence-corrected chi connectivity index (χ4v) is 3.53. The Morgan fingerprint density at radius 3 is 2.36 bits per heavy atom. The second-order valence-electron chi connectivity index (χ2n) is 7.42. The maximum atomic E-state index is 5.85. The van der Waals surface area contributed by atoms with Crippen LogP contribution in [0.5, 0.6) is 0 Å². The molecule has 5 nitrogen and oxygen atoms in total. The summed E-state index contributed by atoms with van der Waals surface area (Å²) in [6, 6.07) is 13.5. The Morgan fingerprint density at radius 2 is 1.71 bits per heavy atom. The van der Waals surface area contributed by atoms with E-state index in [9.17, 15) is 0 Å². The van der Waals surface area contributed by atoms with E-state index in [0.717, 1.165) is 16.8 Å². The van der Waals surface area contributed by atoms with Crippen LogP contribution in [0.25, 0.3) is 28.2 Å². The summed E-state index contributed by atoms with van der Waals surface area (Å²) in [4.78, 5) is 4.43. The zero-order valence-corrected chi connectivity index (χ0v) is 19.0. The molecule has 2 heterocycles. The number of oxazole rings is 1. The maximum Gasteiger partial charge on any atom is 0.180 e. The molecule has 6 heteroatoms. The third kappa shape index (κ3) is 3.43. The number of benzene rings is 2. The van der Waals surface area contributed by atoms with E-state index in [2.05, 4.69) is 71.7 Å². The number of fused-ring (bicyclic) bond motifs is 1. The van der Waals surface area contributed by atoms with E-state index in [1.54, 1.807) is 6.33 Å². The summed E-state index contributed by atoms with van der Waals surface area (Å²) in [5.41, 5.74) is 5.95. The number of aryl methyl sites for hydroxylation is 1. The monoisotopic (exact) mass is 552 g/mol. The second-order valence-corrected chi connectivity index (χ2v) is 7.42. The summed E-state index contributed by atoms with van der Waals surface area (Å²) in [7, 11) is 0. The maximum absolute atomic E-state index is 5.85. The summed E-state index contributed by atoms with van der Waals surface area (Å²) in [6.45, 7) is 10.7. The summed E-state index contributed by atoms with van der Waals surface area (Å²) >= 11 is 0. The number of hydrogen-bond donors (Lipinski definition) is 0. The van der Waals surface area contributed by atoms with Crippen LogP contribution in [0.2, 0.25) is 0 Å². The predicted molar refractivity (Wildman–Crippen MR) is 106 cm³/mol. The van der Waals surface area contributed by atoms with Crippen LogP contribution in [-0.4, -0.2) is 19.7 Å². The van der Waals surface area contributed by atoms with Gasteiger partial charge in [0.2, 0.25) is 0 Å². The minimum Gasteiger partial charge on any atom is -0.488 e. The Labute approximate surface area is 178 Å². The number of aromatic nitrogens is 4. The molecule has 0 spiro atoms. The average molecular weight is 552 g/mol. The first-order valence-electron chi connectivity index (χ1n) is 9.28. The molecule has 0 bridgehead atoms. The first kappa shape index (κ1) is 20.4. The van der Waals surface area contributed by atoms with Gasteiger partial charge in [0.1, 0.15) is 6.33 Å². The molecule has 2 aromatic carbocycles. The normalized spacial score (nSPS) is 11.4. The molecule has 4 rings (SSSR count). The third-order valence-corrected chi connectivity index (χ3v) is 4.81. The van der Waals surface area contributed by atoms with Crippen molar-refractivity contribution in [1.82, 2.24) is 19.7 Å². The molecule has 0 saturated heterocycles. The summed E-state index contributed by atoms with van der Waals surface area (Å²) in [5, 5.41) is 8.64. The number of hydrogen-bond acceptors (Lipinski definition) is 4. The van der Waals surface area contributed by atoms with Crippen molar-refractivity contribution in [1.29, 1.82) is 0 Å². The molecule has 0 saturated carbocycles. The summed E-state index contributed by atoms with van der Waals surface area (Å²) in [5.74, 6) is 2.09. The number of para-hydroxylation sites is 1. The molecule has 0 amide bonds. The zero-order chi connectivity index (χ0) is 19.1. The first-order valence-corrected chi connectivity index (χ1v) is 9.28. The Morgan fingerprint density at radius 1 is 1.04 bits per heavy atom. The van der Waals surface area contributed by atoms with Gasteiger partial charge in [-0.15, -0.1) is 23.3 Å². The molecule has 0 N–H and O–H groups in total. The van der Waals surface area contributed by atoms with E-state index in [0.29, 0.717) is 29.1 Å². The van der Waals surface area contributed by atoms with Crippen molar-refractivity contribution in [3.63, 3.8) is 0 Å². The van der Waals surface area contributed by atoms with Gasteiger partial charge in [-0.1, -0.05) is 51.5 Å².